The number of carbonyl (C=O) groups is 2. The predicted molar refractivity (Wildman–Crippen MR) is 144 cm³/mol. The molecule has 188 valence electrons. The van der Waals surface area contributed by atoms with Crippen molar-refractivity contribution in [2.45, 2.75) is 20.8 Å². The van der Waals surface area contributed by atoms with Gasteiger partial charge in [-0.1, -0.05) is 35.9 Å². The van der Waals surface area contributed by atoms with Crippen LogP contribution in [0.5, 0.6) is 0 Å². The number of hydrogen-bond donors (Lipinski definition) is 0. The number of halogens is 1. The van der Waals surface area contributed by atoms with Gasteiger partial charge in [-0.3, -0.25) is 9.59 Å². The molecule has 0 radical (unpaired) electrons. The topological polar surface area (TPSA) is 45.6 Å². The number of benzene rings is 3. The van der Waals surface area contributed by atoms with Crippen LogP contribution in [0.15, 0.2) is 78.9 Å². The lowest BCUT2D eigenvalue weighted by Crippen LogP contribution is -2.50. The van der Waals surface area contributed by atoms with E-state index in [1.54, 1.807) is 12.1 Å². The van der Waals surface area contributed by atoms with E-state index < -0.39 is 0 Å². The van der Waals surface area contributed by atoms with Gasteiger partial charge in [-0.2, -0.15) is 0 Å². The first-order valence-corrected chi connectivity index (χ1v) is 12.5. The summed E-state index contributed by atoms with van der Waals surface area (Å²) in [6.07, 6.45) is 0. The summed E-state index contributed by atoms with van der Waals surface area (Å²) in [5.74, 6) is -0.358. The van der Waals surface area contributed by atoms with Crippen molar-refractivity contribution in [2.24, 2.45) is 0 Å². The largest absolute Gasteiger partial charge is 0.335 e. The maximum absolute atomic E-state index is 13.7. The van der Waals surface area contributed by atoms with Gasteiger partial charge < -0.3 is 14.4 Å². The minimum Gasteiger partial charge on any atom is -0.335 e. The zero-order chi connectivity index (χ0) is 26.1. The maximum Gasteiger partial charge on any atom is 0.255 e. The van der Waals surface area contributed by atoms with Crippen LogP contribution in [0.2, 0.25) is 0 Å². The number of carbonyl (C=O) groups excluding carboxylic acids is 2. The van der Waals surface area contributed by atoms with Gasteiger partial charge in [0, 0.05) is 43.1 Å². The molecule has 2 heterocycles. The fraction of sp³-hybridized carbons (Fsp3) is 0.226. The molecule has 0 bridgehead atoms. The highest BCUT2D eigenvalue weighted by molar-refractivity contribution is 5.98. The van der Waals surface area contributed by atoms with Crippen molar-refractivity contribution in [3.05, 3.63) is 113 Å². The third-order valence-electron chi connectivity index (χ3n) is 7.14. The molecular formula is C31H30FN3O2. The quantitative estimate of drug-likeness (QED) is 0.359. The summed E-state index contributed by atoms with van der Waals surface area (Å²) in [6.45, 7) is 7.83. The van der Waals surface area contributed by atoms with E-state index in [1.165, 1.54) is 12.1 Å². The van der Waals surface area contributed by atoms with Crippen LogP contribution in [0.4, 0.5) is 4.39 Å². The van der Waals surface area contributed by atoms with Crippen LogP contribution in [0.1, 0.15) is 37.5 Å². The van der Waals surface area contributed by atoms with E-state index >= 15 is 0 Å². The van der Waals surface area contributed by atoms with Crippen LogP contribution < -0.4 is 0 Å². The Hall–Kier alpha value is -4.19. The van der Waals surface area contributed by atoms with Crippen LogP contribution >= 0.6 is 0 Å². The molecule has 5 rings (SSSR count). The van der Waals surface area contributed by atoms with E-state index in [2.05, 4.69) is 4.57 Å². The highest BCUT2D eigenvalue weighted by Crippen LogP contribution is 2.31. The predicted octanol–water partition coefficient (Wildman–Crippen LogP) is 5.81. The monoisotopic (exact) mass is 495 g/mol. The average molecular weight is 496 g/mol. The fourth-order valence-corrected chi connectivity index (χ4v) is 4.95. The molecule has 1 saturated heterocycles. The Bertz CT molecular complexity index is 1450. The van der Waals surface area contributed by atoms with Crippen LogP contribution in [-0.2, 0) is 0 Å². The summed E-state index contributed by atoms with van der Waals surface area (Å²) in [7, 11) is 0. The minimum atomic E-state index is -0.302. The van der Waals surface area contributed by atoms with E-state index in [4.69, 9.17) is 0 Å². The highest BCUT2D eigenvalue weighted by Gasteiger charge is 2.29. The summed E-state index contributed by atoms with van der Waals surface area (Å²) >= 11 is 0. The Morgan fingerprint density at radius 1 is 0.703 bits per heavy atom. The molecule has 1 aromatic heterocycles. The first-order chi connectivity index (χ1) is 17.8. The summed E-state index contributed by atoms with van der Waals surface area (Å²) in [4.78, 5) is 30.4. The zero-order valence-corrected chi connectivity index (χ0v) is 21.4. The van der Waals surface area contributed by atoms with Gasteiger partial charge in [0.1, 0.15) is 5.82 Å². The molecule has 0 unspecified atom stereocenters. The van der Waals surface area contributed by atoms with Crippen LogP contribution in [0.3, 0.4) is 0 Å². The number of piperazine rings is 1. The van der Waals surface area contributed by atoms with E-state index in [1.807, 2.05) is 85.2 Å². The summed E-state index contributed by atoms with van der Waals surface area (Å²) < 4.78 is 15.7. The minimum absolute atomic E-state index is 0.00509. The highest BCUT2D eigenvalue weighted by atomic mass is 19.1. The van der Waals surface area contributed by atoms with Crippen molar-refractivity contribution in [3.8, 4) is 16.9 Å². The smallest absolute Gasteiger partial charge is 0.255 e. The lowest BCUT2D eigenvalue weighted by atomic mass is 10.1. The summed E-state index contributed by atoms with van der Waals surface area (Å²) in [6, 6.07) is 24.0. The van der Waals surface area contributed by atoms with Gasteiger partial charge in [0.15, 0.2) is 0 Å². The third-order valence-corrected chi connectivity index (χ3v) is 7.14. The number of hydrogen-bond acceptors (Lipinski definition) is 2. The molecule has 0 saturated carbocycles. The van der Waals surface area contributed by atoms with E-state index in [-0.39, 0.29) is 17.6 Å². The van der Waals surface area contributed by atoms with Gasteiger partial charge in [0.2, 0.25) is 0 Å². The molecule has 0 spiro atoms. The van der Waals surface area contributed by atoms with Crippen molar-refractivity contribution >= 4 is 11.8 Å². The lowest BCUT2D eigenvalue weighted by molar-refractivity contribution is 0.0534. The zero-order valence-electron chi connectivity index (χ0n) is 21.4. The maximum atomic E-state index is 13.7. The molecule has 5 nitrogen and oxygen atoms in total. The molecule has 0 atom stereocenters. The van der Waals surface area contributed by atoms with Crippen LogP contribution in [0, 0.1) is 26.6 Å². The standard InChI is InChI=1S/C31H30FN3O2/c1-21-8-14-26(15-9-21)35-23(3)28(20-29(35)24-10-12-25(32)13-11-24)31(37)34-18-16-33(17-19-34)30(36)27-7-5-4-6-22(27)2/h4-15,20H,16-19H2,1-3H3. The molecule has 1 aliphatic heterocycles. The van der Waals surface area contributed by atoms with Gasteiger partial charge in [-0.15, -0.1) is 0 Å². The SMILES string of the molecule is Cc1ccc(-n2c(-c3ccc(F)cc3)cc(C(=O)N3CCN(C(=O)c4ccccc4C)CC3)c2C)cc1. The van der Waals surface area contributed by atoms with E-state index in [0.717, 1.165) is 33.8 Å². The second kappa shape index (κ2) is 10.1. The Morgan fingerprint density at radius 2 is 1.27 bits per heavy atom. The number of aryl methyl sites for hydroxylation is 2. The molecule has 0 aliphatic carbocycles. The third kappa shape index (κ3) is 4.79. The molecule has 2 amide bonds. The number of nitrogens with zero attached hydrogens (tertiary/aromatic N) is 3. The molecule has 3 aromatic carbocycles. The van der Waals surface area contributed by atoms with Gasteiger partial charge in [-0.25, -0.2) is 4.39 Å². The van der Waals surface area contributed by atoms with Crippen molar-refractivity contribution in [3.63, 3.8) is 0 Å². The Kier molecular flexibility index (Phi) is 6.66. The van der Waals surface area contributed by atoms with Gasteiger partial charge in [0.25, 0.3) is 11.8 Å². The molecular weight excluding hydrogens is 465 g/mol. The second-order valence-electron chi connectivity index (χ2n) is 9.61. The van der Waals surface area contributed by atoms with Crippen LogP contribution in [0.25, 0.3) is 16.9 Å². The normalized spacial score (nSPS) is 13.6. The van der Waals surface area contributed by atoms with Crippen molar-refractivity contribution in [2.75, 3.05) is 26.2 Å². The van der Waals surface area contributed by atoms with Gasteiger partial charge in [0.05, 0.1) is 11.3 Å². The number of amides is 2. The molecule has 4 aromatic rings. The second-order valence-corrected chi connectivity index (χ2v) is 9.61. The van der Waals surface area contributed by atoms with Gasteiger partial charge in [-0.05, 0) is 80.4 Å². The van der Waals surface area contributed by atoms with Crippen LogP contribution in [-0.4, -0.2) is 52.4 Å². The Labute approximate surface area is 216 Å². The summed E-state index contributed by atoms with van der Waals surface area (Å²) in [5.41, 5.74) is 6.84. The first kappa shape index (κ1) is 24.5. The van der Waals surface area contributed by atoms with Gasteiger partial charge >= 0.3 is 0 Å². The molecule has 1 fully saturated rings. The number of aromatic nitrogens is 1. The first-order valence-electron chi connectivity index (χ1n) is 12.5. The molecule has 37 heavy (non-hydrogen) atoms. The average Bonchev–Trinajstić information content (AvgIpc) is 3.26. The lowest BCUT2D eigenvalue weighted by Gasteiger charge is -2.35. The Morgan fingerprint density at radius 3 is 1.86 bits per heavy atom. The Balaban J connectivity index is 1.42. The van der Waals surface area contributed by atoms with Crippen molar-refractivity contribution < 1.29 is 14.0 Å². The number of rotatable bonds is 4. The fourth-order valence-electron chi connectivity index (χ4n) is 4.95. The molecule has 1 aliphatic rings. The van der Waals surface area contributed by atoms with Crippen molar-refractivity contribution in [1.29, 1.82) is 0 Å². The summed E-state index contributed by atoms with van der Waals surface area (Å²) in [5, 5.41) is 0. The van der Waals surface area contributed by atoms with E-state index in [9.17, 15) is 14.0 Å². The molecule has 6 heteroatoms. The van der Waals surface area contributed by atoms with Crippen molar-refractivity contribution in [1.82, 2.24) is 14.4 Å². The molecule has 0 N–H and O–H groups in total. The van der Waals surface area contributed by atoms with E-state index in [0.29, 0.717) is 37.3 Å².